The Balaban J connectivity index is 1.63. The first-order chi connectivity index (χ1) is 14.9. The van der Waals surface area contributed by atoms with Crippen molar-refractivity contribution in [3.05, 3.63) is 90.0 Å². The zero-order chi connectivity index (χ0) is 22.3. The maximum absolute atomic E-state index is 12.6. The van der Waals surface area contributed by atoms with Crippen LogP contribution in [0.4, 0.5) is 5.69 Å². The largest absolute Gasteiger partial charge is 0.491 e. The Bertz CT molecular complexity index is 1110. The van der Waals surface area contributed by atoms with Crippen molar-refractivity contribution in [2.75, 3.05) is 5.32 Å². The summed E-state index contributed by atoms with van der Waals surface area (Å²) < 4.78 is 33.3. The molecule has 0 saturated carbocycles. The molecule has 0 aliphatic rings. The third kappa shape index (κ3) is 6.41. The van der Waals surface area contributed by atoms with Crippen LogP contribution in [0.5, 0.6) is 5.75 Å². The molecule has 0 aromatic heterocycles. The number of sulfonamides is 1. The predicted octanol–water partition coefficient (Wildman–Crippen LogP) is 4.59. The minimum absolute atomic E-state index is 0.0586. The van der Waals surface area contributed by atoms with Crippen LogP contribution < -0.4 is 14.8 Å². The molecule has 0 bridgehead atoms. The second-order valence-corrected chi connectivity index (χ2v) is 8.92. The standard InChI is InChI=1S/C24H26N2O4S/c1-3-18(2)30-22-11-7-10-20(16-22)24(27)26-21-12-14-23(15-13-21)31(28,29)25-17-19-8-5-4-6-9-19/h4-16,18,25H,3,17H2,1-2H3,(H,26,27). The van der Waals surface area contributed by atoms with E-state index in [9.17, 15) is 13.2 Å². The van der Waals surface area contributed by atoms with Crippen LogP contribution in [0.25, 0.3) is 0 Å². The van der Waals surface area contributed by atoms with Crippen molar-refractivity contribution in [1.82, 2.24) is 4.72 Å². The van der Waals surface area contributed by atoms with Gasteiger partial charge >= 0.3 is 0 Å². The van der Waals surface area contributed by atoms with Gasteiger partial charge in [-0.3, -0.25) is 4.79 Å². The third-order valence-electron chi connectivity index (χ3n) is 4.74. The molecule has 0 spiro atoms. The molecule has 1 atom stereocenters. The van der Waals surface area contributed by atoms with Crippen LogP contribution in [-0.4, -0.2) is 20.4 Å². The number of ether oxygens (including phenoxy) is 1. The van der Waals surface area contributed by atoms with Gasteiger partial charge in [-0.25, -0.2) is 13.1 Å². The number of carbonyl (C=O) groups is 1. The van der Waals surface area contributed by atoms with Gasteiger partial charge in [0.15, 0.2) is 0 Å². The van der Waals surface area contributed by atoms with Gasteiger partial charge in [-0.1, -0.05) is 43.3 Å². The molecule has 1 amide bonds. The van der Waals surface area contributed by atoms with Gasteiger partial charge in [0.05, 0.1) is 11.0 Å². The molecule has 3 rings (SSSR count). The Hall–Kier alpha value is -3.16. The lowest BCUT2D eigenvalue weighted by Crippen LogP contribution is -2.23. The van der Waals surface area contributed by atoms with E-state index in [0.717, 1.165) is 12.0 Å². The van der Waals surface area contributed by atoms with Crippen molar-refractivity contribution in [2.24, 2.45) is 0 Å². The summed E-state index contributed by atoms with van der Waals surface area (Å²) in [5.74, 6) is 0.334. The van der Waals surface area contributed by atoms with E-state index < -0.39 is 10.0 Å². The monoisotopic (exact) mass is 438 g/mol. The van der Waals surface area contributed by atoms with Gasteiger partial charge in [-0.2, -0.15) is 0 Å². The van der Waals surface area contributed by atoms with E-state index in [2.05, 4.69) is 10.0 Å². The first kappa shape index (κ1) is 22.5. The van der Waals surface area contributed by atoms with Gasteiger partial charge in [0.25, 0.3) is 5.91 Å². The summed E-state index contributed by atoms with van der Waals surface area (Å²) in [6.07, 6.45) is 0.926. The molecule has 0 radical (unpaired) electrons. The fourth-order valence-electron chi connectivity index (χ4n) is 2.80. The normalized spacial score (nSPS) is 12.2. The van der Waals surface area contributed by atoms with Crippen molar-refractivity contribution < 1.29 is 17.9 Å². The summed E-state index contributed by atoms with van der Waals surface area (Å²) in [6, 6.07) is 22.3. The van der Waals surface area contributed by atoms with Gasteiger partial charge in [-0.15, -0.1) is 0 Å². The molecule has 0 heterocycles. The number of hydrogen-bond donors (Lipinski definition) is 2. The van der Waals surface area contributed by atoms with E-state index in [0.29, 0.717) is 17.0 Å². The minimum Gasteiger partial charge on any atom is -0.491 e. The Morgan fingerprint density at radius 3 is 2.35 bits per heavy atom. The minimum atomic E-state index is -3.65. The summed E-state index contributed by atoms with van der Waals surface area (Å²) in [5, 5.41) is 2.78. The van der Waals surface area contributed by atoms with E-state index in [-0.39, 0.29) is 23.5 Å². The lowest BCUT2D eigenvalue weighted by atomic mass is 10.2. The van der Waals surface area contributed by atoms with Crippen LogP contribution in [0.1, 0.15) is 36.2 Å². The Morgan fingerprint density at radius 2 is 1.68 bits per heavy atom. The second kappa shape index (κ2) is 10.2. The first-order valence-electron chi connectivity index (χ1n) is 10.1. The summed E-state index contributed by atoms with van der Waals surface area (Å²) in [6.45, 7) is 4.20. The highest BCUT2D eigenvalue weighted by molar-refractivity contribution is 7.89. The van der Waals surface area contributed by atoms with Crippen LogP contribution >= 0.6 is 0 Å². The summed E-state index contributed by atoms with van der Waals surface area (Å²) >= 11 is 0. The van der Waals surface area contributed by atoms with Crippen molar-refractivity contribution in [1.29, 1.82) is 0 Å². The van der Waals surface area contributed by atoms with Crippen LogP contribution in [0, 0.1) is 0 Å². The molecule has 3 aromatic carbocycles. The average molecular weight is 439 g/mol. The van der Waals surface area contributed by atoms with Crippen molar-refractivity contribution in [2.45, 2.75) is 37.8 Å². The Kier molecular flexibility index (Phi) is 7.44. The van der Waals surface area contributed by atoms with Gasteiger partial charge in [-0.05, 0) is 61.4 Å². The molecule has 0 aliphatic carbocycles. The van der Waals surface area contributed by atoms with Crippen LogP contribution in [-0.2, 0) is 16.6 Å². The number of nitrogens with one attached hydrogen (secondary N) is 2. The predicted molar refractivity (Wildman–Crippen MR) is 122 cm³/mol. The zero-order valence-electron chi connectivity index (χ0n) is 17.5. The Labute approximate surface area is 183 Å². The first-order valence-corrected chi connectivity index (χ1v) is 11.6. The molecule has 1 unspecified atom stereocenters. The van der Waals surface area contributed by atoms with E-state index >= 15 is 0 Å². The van der Waals surface area contributed by atoms with Crippen molar-refractivity contribution in [3.63, 3.8) is 0 Å². The highest BCUT2D eigenvalue weighted by atomic mass is 32.2. The van der Waals surface area contributed by atoms with E-state index in [1.165, 1.54) is 12.1 Å². The summed E-state index contributed by atoms with van der Waals surface area (Å²) in [4.78, 5) is 12.7. The molecule has 31 heavy (non-hydrogen) atoms. The molecule has 162 valence electrons. The van der Waals surface area contributed by atoms with Gasteiger partial charge in [0.1, 0.15) is 5.75 Å². The smallest absolute Gasteiger partial charge is 0.255 e. The van der Waals surface area contributed by atoms with Crippen LogP contribution in [0.2, 0.25) is 0 Å². The lowest BCUT2D eigenvalue weighted by molar-refractivity contribution is 0.102. The molecule has 7 heteroatoms. The number of benzene rings is 3. The molecule has 3 aromatic rings. The van der Waals surface area contributed by atoms with E-state index in [4.69, 9.17) is 4.74 Å². The van der Waals surface area contributed by atoms with Gasteiger partial charge in [0.2, 0.25) is 10.0 Å². The number of carbonyl (C=O) groups excluding carboxylic acids is 1. The maximum Gasteiger partial charge on any atom is 0.255 e. The molecular formula is C24H26N2O4S. The quantitative estimate of drug-likeness (QED) is 0.512. The Morgan fingerprint density at radius 1 is 0.968 bits per heavy atom. The fraction of sp³-hybridized carbons (Fsp3) is 0.208. The van der Waals surface area contributed by atoms with Crippen LogP contribution in [0.15, 0.2) is 83.8 Å². The molecule has 0 aliphatic heterocycles. The SMILES string of the molecule is CCC(C)Oc1cccc(C(=O)Nc2ccc(S(=O)(=O)NCc3ccccc3)cc2)c1. The maximum atomic E-state index is 12.6. The molecular weight excluding hydrogens is 412 g/mol. The molecule has 6 nitrogen and oxygen atoms in total. The second-order valence-electron chi connectivity index (χ2n) is 7.15. The van der Waals surface area contributed by atoms with E-state index in [1.807, 2.05) is 50.2 Å². The highest BCUT2D eigenvalue weighted by Crippen LogP contribution is 2.19. The van der Waals surface area contributed by atoms with Gasteiger partial charge in [0, 0.05) is 17.8 Å². The molecule has 0 saturated heterocycles. The third-order valence-corrected chi connectivity index (χ3v) is 6.16. The number of amides is 1. The number of anilines is 1. The van der Waals surface area contributed by atoms with E-state index in [1.54, 1.807) is 30.3 Å². The zero-order valence-corrected chi connectivity index (χ0v) is 18.4. The topological polar surface area (TPSA) is 84.5 Å². The number of hydrogen-bond acceptors (Lipinski definition) is 4. The number of rotatable bonds is 9. The molecule has 2 N–H and O–H groups in total. The average Bonchev–Trinajstić information content (AvgIpc) is 2.79. The van der Waals surface area contributed by atoms with Gasteiger partial charge < -0.3 is 10.1 Å². The lowest BCUT2D eigenvalue weighted by Gasteiger charge is -2.13. The molecule has 0 fully saturated rings. The van der Waals surface area contributed by atoms with Crippen molar-refractivity contribution in [3.8, 4) is 5.75 Å². The fourth-order valence-corrected chi connectivity index (χ4v) is 3.82. The highest BCUT2D eigenvalue weighted by Gasteiger charge is 2.14. The van der Waals surface area contributed by atoms with Crippen molar-refractivity contribution >= 4 is 21.6 Å². The summed E-state index contributed by atoms with van der Waals surface area (Å²) in [5.41, 5.74) is 1.83. The van der Waals surface area contributed by atoms with Crippen LogP contribution in [0.3, 0.4) is 0 Å². The summed E-state index contributed by atoms with van der Waals surface area (Å²) in [7, 11) is -3.65.